The van der Waals surface area contributed by atoms with Gasteiger partial charge in [0, 0.05) is 25.6 Å². The first-order valence-corrected chi connectivity index (χ1v) is 11.1. The smallest absolute Gasteiger partial charge is 0.207 e. The Hall–Kier alpha value is -1.21. The quantitative estimate of drug-likeness (QED) is 0.328. The summed E-state index contributed by atoms with van der Waals surface area (Å²) in [4.78, 5) is 9.91. The highest BCUT2D eigenvalue weighted by atomic mass is 16.6. The van der Waals surface area contributed by atoms with Crippen LogP contribution in [0.1, 0.15) is 66.7 Å². The van der Waals surface area contributed by atoms with E-state index in [4.69, 9.17) is 20.3 Å². The highest BCUT2D eigenvalue weighted by Gasteiger charge is 2.67. The highest BCUT2D eigenvalue weighted by molar-refractivity contribution is 5.46. The molecule has 0 aromatic carbocycles. The van der Waals surface area contributed by atoms with Crippen LogP contribution in [-0.2, 0) is 14.3 Å². The molecule has 0 aromatic rings. The van der Waals surface area contributed by atoms with Crippen LogP contribution in [0.15, 0.2) is 24.8 Å². The maximum Gasteiger partial charge on any atom is 0.207 e. The Labute approximate surface area is 184 Å². The molecule has 6 heteroatoms. The lowest BCUT2D eigenvalue weighted by molar-refractivity contribution is -0.110. The first-order valence-electron chi connectivity index (χ1n) is 11.1. The fourth-order valence-electron chi connectivity index (χ4n) is 4.28. The van der Waals surface area contributed by atoms with Crippen molar-refractivity contribution in [1.29, 1.82) is 0 Å². The molecule has 0 radical (unpaired) electrons. The lowest BCUT2D eigenvalue weighted by Crippen LogP contribution is -2.39. The molecule has 5 atom stereocenters. The molecule has 3 aliphatic rings. The van der Waals surface area contributed by atoms with E-state index in [1.165, 1.54) is 31.3 Å². The maximum atomic E-state index is 9.91. The monoisotopic (exact) mass is 426 g/mol. The van der Waals surface area contributed by atoms with E-state index < -0.39 is 0 Å². The van der Waals surface area contributed by atoms with Crippen molar-refractivity contribution in [1.82, 2.24) is 5.32 Å². The Morgan fingerprint density at radius 2 is 1.90 bits per heavy atom. The van der Waals surface area contributed by atoms with E-state index in [0.29, 0.717) is 30.9 Å². The fourth-order valence-corrected chi connectivity index (χ4v) is 4.28. The number of rotatable bonds is 7. The van der Waals surface area contributed by atoms with Gasteiger partial charge in [-0.2, -0.15) is 0 Å². The molecule has 0 aromatic heterocycles. The summed E-state index contributed by atoms with van der Waals surface area (Å²) in [5.74, 6) is 1.06. The molecule has 2 aliphatic heterocycles. The van der Waals surface area contributed by atoms with Crippen molar-refractivity contribution in [2.75, 3.05) is 20.3 Å². The molecule has 5 unspecified atom stereocenters. The van der Waals surface area contributed by atoms with Crippen molar-refractivity contribution in [3.63, 3.8) is 0 Å². The van der Waals surface area contributed by atoms with E-state index in [1.807, 2.05) is 13.8 Å². The van der Waals surface area contributed by atoms with Gasteiger partial charge in [-0.15, -0.1) is 13.2 Å². The maximum absolute atomic E-state index is 9.91. The predicted molar refractivity (Wildman–Crippen MR) is 124 cm³/mol. The fraction of sp³-hybridized carbons (Fsp3) is 0.792. The van der Waals surface area contributed by atoms with E-state index in [0.717, 1.165) is 20.1 Å². The minimum Gasteiger partial charge on any atom is -0.400 e. The Morgan fingerprint density at radius 1 is 1.30 bits per heavy atom. The number of hydrogen-bond acceptors (Lipinski definition) is 5. The SMILES string of the molecule is C=C.CC(C)=CCC1OC1(C)C1CCCCC12CO2.CC(C)C(CN)NC=O.CO. The molecule has 6 nitrogen and oxygen atoms in total. The number of hydrogen-bond donors (Lipinski definition) is 3. The topological polar surface area (TPSA) is 100 Å². The number of epoxide rings is 2. The van der Waals surface area contributed by atoms with Gasteiger partial charge in [-0.25, -0.2) is 0 Å². The predicted octanol–water partition coefficient (Wildman–Crippen LogP) is 3.59. The molecule has 1 saturated carbocycles. The number of carbonyl (C=O) groups is 1. The summed E-state index contributed by atoms with van der Waals surface area (Å²) in [6.45, 7) is 18.2. The van der Waals surface area contributed by atoms with Crippen LogP contribution in [0.5, 0.6) is 0 Å². The number of nitrogens with one attached hydrogen (secondary N) is 1. The van der Waals surface area contributed by atoms with Crippen molar-refractivity contribution in [3.05, 3.63) is 24.8 Å². The Kier molecular flexibility index (Phi) is 13.4. The van der Waals surface area contributed by atoms with E-state index in [9.17, 15) is 4.79 Å². The summed E-state index contributed by atoms with van der Waals surface area (Å²) >= 11 is 0. The average Bonchev–Trinajstić information content (AvgIpc) is 3.66. The van der Waals surface area contributed by atoms with Crippen LogP contribution in [0, 0.1) is 11.8 Å². The second kappa shape index (κ2) is 14.0. The van der Waals surface area contributed by atoms with E-state index in [-0.39, 0.29) is 17.2 Å². The summed E-state index contributed by atoms with van der Waals surface area (Å²) in [5, 5.41) is 9.63. The number of ether oxygens (including phenoxy) is 2. The first-order chi connectivity index (χ1) is 14.3. The van der Waals surface area contributed by atoms with Crippen molar-refractivity contribution in [2.24, 2.45) is 17.6 Å². The molecule has 176 valence electrons. The second-order valence-electron chi connectivity index (χ2n) is 8.83. The normalized spacial score (nSPS) is 31.5. The second-order valence-corrected chi connectivity index (χ2v) is 8.83. The molecule has 2 saturated heterocycles. The van der Waals surface area contributed by atoms with Crippen LogP contribution in [-0.4, -0.2) is 55.1 Å². The number of aliphatic hydroxyl groups excluding tert-OH is 1. The number of aliphatic hydroxyl groups is 1. The molecule has 1 amide bonds. The van der Waals surface area contributed by atoms with Crippen LogP contribution in [0.4, 0.5) is 0 Å². The van der Waals surface area contributed by atoms with Crippen molar-refractivity contribution in [2.45, 2.75) is 90.1 Å². The highest BCUT2D eigenvalue weighted by Crippen LogP contribution is 2.58. The summed E-state index contributed by atoms with van der Waals surface area (Å²) in [5.41, 5.74) is 7.05. The molecule has 1 spiro atoms. The van der Waals surface area contributed by atoms with Gasteiger partial charge in [0.1, 0.15) is 0 Å². The van der Waals surface area contributed by atoms with Crippen molar-refractivity contribution >= 4 is 6.41 Å². The summed E-state index contributed by atoms with van der Waals surface area (Å²) in [6.07, 6.45) is 9.74. The Morgan fingerprint density at radius 3 is 2.30 bits per heavy atom. The van der Waals surface area contributed by atoms with Crippen molar-refractivity contribution in [3.8, 4) is 0 Å². The van der Waals surface area contributed by atoms with Gasteiger partial charge in [0.15, 0.2) is 0 Å². The van der Waals surface area contributed by atoms with Gasteiger partial charge in [-0.3, -0.25) is 4.79 Å². The molecular weight excluding hydrogens is 380 g/mol. The van der Waals surface area contributed by atoms with Gasteiger partial charge >= 0.3 is 0 Å². The molecule has 3 rings (SSSR count). The molecule has 0 bridgehead atoms. The van der Waals surface area contributed by atoms with Crippen LogP contribution in [0.2, 0.25) is 0 Å². The number of carbonyl (C=O) groups excluding carboxylic acids is 1. The van der Waals surface area contributed by atoms with Crippen LogP contribution in [0.25, 0.3) is 0 Å². The Bertz CT molecular complexity index is 515. The average molecular weight is 427 g/mol. The Balaban J connectivity index is 0.000000555. The van der Waals surface area contributed by atoms with Gasteiger partial charge in [-0.1, -0.05) is 38.3 Å². The number of allylic oxidation sites excluding steroid dienone is 1. The molecular formula is C24H46N2O4. The summed E-state index contributed by atoms with van der Waals surface area (Å²) in [6, 6.07) is 0.127. The molecule has 4 N–H and O–H groups in total. The zero-order valence-electron chi connectivity index (χ0n) is 20.1. The molecule has 3 fully saturated rings. The summed E-state index contributed by atoms with van der Waals surface area (Å²) in [7, 11) is 1.00. The van der Waals surface area contributed by atoms with Gasteiger partial charge in [0.2, 0.25) is 6.41 Å². The first kappa shape index (κ1) is 28.8. The van der Waals surface area contributed by atoms with Crippen LogP contribution < -0.4 is 11.1 Å². The number of nitrogens with two attached hydrogens (primary N) is 1. The third-order valence-corrected chi connectivity index (χ3v) is 6.24. The lowest BCUT2D eigenvalue weighted by Gasteiger charge is -2.32. The van der Waals surface area contributed by atoms with E-state index >= 15 is 0 Å². The molecule has 1 aliphatic carbocycles. The third kappa shape index (κ3) is 8.14. The van der Waals surface area contributed by atoms with E-state index in [1.54, 1.807) is 0 Å². The largest absolute Gasteiger partial charge is 0.400 e. The zero-order valence-corrected chi connectivity index (χ0v) is 20.1. The molecule has 2 heterocycles. The van der Waals surface area contributed by atoms with Crippen LogP contribution >= 0.6 is 0 Å². The minimum absolute atomic E-state index is 0.100. The van der Waals surface area contributed by atoms with Gasteiger partial charge in [0.05, 0.1) is 23.9 Å². The minimum atomic E-state index is 0.100. The van der Waals surface area contributed by atoms with Gasteiger partial charge in [0.25, 0.3) is 0 Å². The van der Waals surface area contributed by atoms with Gasteiger partial charge < -0.3 is 25.6 Å². The van der Waals surface area contributed by atoms with Crippen LogP contribution in [0.3, 0.4) is 0 Å². The van der Waals surface area contributed by atoms with Gasteiger partial charge in [-0.05, 0) is 46.0 Å². The lowest BCUT2D eigenvalue weighted by atomic mass is 9.71. The standard InChI is InChI=1S/C15H24O2.C6H14N2O.C2H4.CH4O/c1-11(2)7-8-13-14(3,17-13)12-6-4-5-9-15(12)10-16-15;1-5(2)6(3-7)8-4-9;2*1-2/h7,12-13H,4-6,8-10H2,1-3H3;4-6H,3,7H2,1-2H3,(H,8,9);1-2H2;2H,1H3. The summed E-state index contributed by atoms with van der Waals surface area (Å²) < 4.78 is 11.8. The van der Waals surface area contributed by atoms with E-state index in [2.05, 4.69) is 45.3 Å². The third-order valence-electron chi connectivity index (χ3n) is 6.24. The molecule has 30 heavy (non-hydrogen) atoms. The number of amides is 1. The zero-order chi connectivity index (χ0) is 23.4. The van der Waals surface area contributed by atoms with Crippen molar-refractivity contribution < 1.29 is 19.4 Å².